The zero-order chi connectivity index (χ0) is 18.7. The molecular weight excluding hydrogens is 354 g/mol. The van der Waals surface area contributed by atoms with Crippen LogP contribution < -0.4 is 14.4 Å². The average Bonchev–Trinajstić information content (AvgIpc) is 3.13. The van der Waals surface area contributed by atoms with Gasteiger partial charge in [-0.1, -0.05) is 23.7 Å². The lowest BCUT2D eigenvalue weighted by Crippen LogP contribution is -2.51. The molecule has 2 aromatic carbocycles. The van der Waals surface area contributed by atoms with Gasteiger partial charge >= 0.3 is 5.97 Å². The monoisotopic (exact) mass is 373 g/mol. The number of carbonyl (C=O) groups excluding carboxylic acids is 1. The summed E-state index contributed by atoms with van der Waals surface area (Å²) in [7, 11) is 3.22. The first-order chi connectivity index (χ1) is 12.5. The summed E-state index contributed by atoms with van der Waals surface area (Å²) in [4.78, 5) is 14.9. The lowest BCUT2D eigenvalue weighted by Gasteiger charge is -2.40. The molecule has 1 aliphatic rings. The van der Waals surface area contributed by atoms with E-state index in [1.54, 1.807) is 24.3 Å². The number of methoxy groups -OCH3 is 1. The van der Waals surface area contributed by atoms with Crippen LogP contribution in [0.2, 0.25) is 5.02 Å². The maximum Gasteiger partial charge on any atom is 0.336 e. The molecule has 26 heavy (non-hydrogen) atoms. The molecule has 0 saturated heterocycles. The second kappa shape index (κ2) is 7.30. The van der Waals surface area contributed by atoms with Gasteiger partial charge in [0, 0.05) is 24.2 Å². The van der Waals surface area contributed by atoms with Gasteiger partial charge in [-0.25, -0.2) is 4.79 Å². The van der Waals surface area contributed by atoms with Crippen LogP contribution in [0.4, 0.5) is 5.69 Å². The Morgan fingerprint density at radius 1 is 1.27 bits per heavy atom. The Hall–Kier alpha value is -2.66. The minimum absolute atomic E-state index is 0.165. The number of anilines is 1. The zero-order valence-corrected chi connectivity index (χ0v) is 15.5. The van der Waals surface area contributed by atoms with E-state index >= 15 is 0 Å². The quantitative estimate of drug-likeness (QED) is 0.562. The largest absolute Gasteiger partial charge is 0.467 e. The molecular formula is C20H20ClNO4. The third-order valence-electron chi connectivity index (χ3n) is 4.60. The van der Waals surface area contributed by atoms with Crippen LogP contribution in [-0.2, 0) is 15.1 Å². The first-order valence-corrected chi connectivity index (χ1v) is 8.49. The molecule has 0 aromatic heterocycles. The van der Waals surface area contributed by atoms with Crippen LogP contribution in [0.25, 0.3) is 0 Å². The first kappa shape index (κ1) is 18.1. The molecule has 5 nitrogen and oxygen atoms in total. The standard InChI is InChI=1S/C20H20ClNO4/c1-4-11-20(19(23)24-3,22(2)16-8-6-15(21)7-9-16)14-5-10-17-18(12-14)26-13-25-17/h4-10,12H,1,11,13H2,2-3H3. The van der Waals surface area contributed by atoms with E-state index in [0.29, 0.717) is 22.9 Å². The highest BCUT2D eigenvalue weighted by molar-refractivity contribution is 6.30. The maximum atomic E-state index is 13.0. The molecule has 0 radical (unpaired) electrons. The summed E-state index contributed by atoms with van der Waals surface area (Å²) in [6, 6.07) is 12.7. The van der Waals surface area contributed by atoms with Crippen LogP contribution in [0.15, 0.2) is 55.1 Å². The van der Waals surface area contributed by atoms with Crippen molar-refractivity contribution in [1.82, 2.24) is 0 Å². The van der Waals surface area contributed by atoms with Crippen molar-refractivity contribution in [2.75, 3.05) is 25.9 Å². The van der Waals surface area contributed by atoms with Gasteiger partial charge in [0.15, 0.2) is 17.0 Å². The number of rotatable bonds is 6. The molecule has 0 bridgehead atoms. The molecule has 0 aliphatic carbocycles. The predicted octanol–water partition coefficient (Wildman–Crippen LogP) is 4.15. The number of fused-ring (bicyclic) bond motifs is 1. The Bertz CT molecular complexity index is 821. The van der Waals surface area contributed by atoms with Crippen molar-refractivity contribution >= 4 is 23.3 Å². The van der Waals surface area contributed by atoms with Crippen molar-refractivity contribution in [1.29, 1.82) is 0 Å². The van der Waals surface area contributed by atoms with Crippen LogP contribution in [-0.4, -0.2) is 26.9 Å². The summed E-state index contributed by atoms with van der Waals surface area (Å²) in [6.07, 6.45) is 2.05. The number of carbonyl (C=O) groups is 1. The van der Waals surface area contributed by atoms with Crippen LogP contribution in [0.1, 0.15) is 12.0 Å². The number of ether oxygens (including phenoxy) is 3. The Labute approximate surface area is 157 Å². The lowest BCUT2D eigenvalue weighted by atomic mass is 9.84. The van der Waals surface area contributed by atoms with E-state index < -0.39 is 11.5 Å². The summed E-state index contributed by atoms with van der Waals surface area (Å²) < 4.78 is 16.1. The highest BCUT2D eigenvalue weighted by Gasteiger charge is 2.45. The highest BCUT2D eigenvalue weighted by atomic mass is 35.5. The number of esters is 1. The average molecular weight is 374 g/mol. The number of halogens is 1. The SMILES string of the molecule is C=CCC(C(=O)OC)(c1ccc2c(c1)OCO2)N(C)c1ccc(Cl)cc1. The molecule has 1 unspecified atom stereocenters. The molecule has 0 spiro atoms. The van der Waals surface area contributed by atoms with E-state index in [1.807, 2.05) is 36.2 Å². The number of likely N-dealkylation sites (N-methyl/N-ethyl adjacent to an activating group) is 1. The fraction of sp³-hybridized carbons (Fsp3) is 0.250. The first-order valence-electron chi connectivity index (χ1n) is 8.11. The van der Waals surface area contributed by atoms with Gasteiger partial charge in [0.05, 0.1) is 7.11 Å². The minimum atomic E-state index is -1.11. The van der Waals surface area contributed by atoms with Gasteiger partial charge < -0.3 is 19.1 Å². The molecule has 136 valence electrons. The third kappa shape index (κ3) is 2.99. The summed E-state index contributed by atoms with van der Waals surface area (Å²) in [5.41, 5.74) is 0.441. The van der Waals surface area contributed by atoms with Crippen molar-refractivity contribution in [2.45, 2.75) is 12.0 Å². The van der Waals surface area contributed by atoms with Crippen LogP contribution in [0.5, 0.6) is 11.5 Å². The van der Waals surface area contributed by atoms with E-state index in [-0.39, 0.29) is 6.79 Å². The Balaban J connectivity index is 2.16. The van der Waals surface area contributed by atoms with Gasteiger partial charge in [0.2, 0.25) is 6.79 Å². The van der Waals surface area contributed by atoms with E-state index in [2.05, 4.69) is 6.58 Å². The molecule has 1 aliphatic heterocycles. The number of hydrogen-bond acceptors (Lipinski definition) is 5. The summed E-state index contributed by atoms with van der Waals surface area (Å²) in [5, 5.41) is 0.623. The molecule has 0 saturated carbocycles. The van der Waals surface area contributed by atoms with Crippen molar-refractivity contribution < 1.29 is 19.0 Å². The molecule has 0 amide bonds. The second-order valence-electron chi connectivity index (χ2n) is 5.95. The Morgan fingerprint density at radius 3 is 2.62 bits per heavy atom. The van der Waals surface area contributed by atoms with Crippen LogP contribution in [0.3, 0.4) is 0 Å². The normalized spacial score (nSPS) is 14.4. The van der Waals surface area contributed by atoms with Gasteiger partial charge in [-0.05, 0) is 42.0 Å². The van der Waals surface area contributed by atoms with Gasteiger partial charge in [0.25, 0.3) is 0 Å². The highest BCUT2D eigenvalue weighted by Crippen LogP contribution is 2.41. The van der Waals surface area contributed by atoms with E-state index in [4.69, 9.17) is 25.8 Å². The summed E-state index contributed by atoms with van der Waals surface area (Å²) in [5.74, 6) is 0.860. The van der Waals surface area contributed by atoms with Crippen molar-refractivity contribution in [3.63, 3.8) is 0 Å². The smallest absolute Gasteiger partial charge is 0.336 e. The third-order valence-corrected chi connectivity index (χ3v) is 4.85. The van der Waals surface area contributed by atoms with E-state index in [9.17, 15) is 4.79 Å². The van der Waals surface area contributed by atoms with Gasteiger partial charge in [0.1, 0.15) is 0 Å². The van der Waals surface area contributed by atoms with Gasteiger partial charge in [-0.2, -0.15) is 0 Å². The topological polar surface area (TPSA) is 48.0 Å². The maximum absolute atomic E-state index is 13.0. The fourth-order valence-electron chi connectivity index (χ4n) is 3.20. The molecule has 2 aromatic rings. The zero-order valence-electron chi connectivity index (χ0n) is 14.7. The molecule has 0 fully saturated rings. The molecule has 0 N–H and O–H groups in total. The lowest BCUT2D eigenvalue weighted by molar-refractivity contribution is -0.147. The van der Waals surface area contributed by atoms with E-state index in [1.165, 1.54) is 7.11 Å². The summed E-state index contributed by atoms with van der Waals surface area (Å²) in [6.45, 7) is 4.00. The molecule has 3 rings (SSSR count). The molecule has 1 atom stereocenters. The number of hydrogen-bond donors (Lipinski definition) is 0. The number of nitrogens with zero attached hydrogens (tertiary/aromatic N) is 1. The predicted molar refractivity (Wildman–Crippen MR) is 101 cm³/mol. The second-order valence-corrected chi connectivity index (χ2v) is 6.38. The van der Waals surface area contributed by atoms with Crippen molar-refractivity contribution in [3.8, 4) is 11.5 Å². The fourth-order valence-corrected chi connectivity index (χ4v) is 3.33. The summed E-state index contributed by atoms with van der Waals surface area (Å²) >= 11 is 6.01. The Morgan fingerprint density at radius 2 is 1.96 bits per heavy atom. The van der Waals surface area contributed by atoms with Crippen LogP contribution >= 0.6 is 11.6 Å². The van der Waals surface area contributed by atoms with E-state index in [0.717, 1.165) is 11.3 Å². The molecule has 6 heteroatoms. The number of benzene rings is 2. The molecule has 1 heterocycles. The van der Waals surface area contributed by atoms with Gasteiger partial charge in [-0.3, -0.25) is 0 Å². The van der Waals surface area contributed by atoms with Crippen LogP contribution in [0, 0.1) is 0 Å². The Kier molecular flexibility index (Phi) is 5.09. The van der Waals surface area contributed by atoms with Crippen molar-refractivity contribution in [3.05, 3.63) is 65.7 Å². The minimum Gasteiger partial charge on any atom is -0.467 e. The van der Waals surface area contributed by atoms with Gasteiger partial charge in [-0.15, -0.1) is 6.58 Å². The van der Waals surface area contributed by atoms with Crippen molar-refractivity contribution in [2.24, 2.45) is 0 Å².